The lowest BCUT2D eigenvalue weighted by Gasteiger charge is -2.31. The van der Waals surface area contributed by atoms with Gasteiger partial charge in [-0.25, -0.2) is 10.2 Å². The summed E-state index contributed by atoms with van der Waals surface area (Å²) in [7, 11) is 0. The number of Topliss-reactive ketones (excluding diaryl/α,β-unsaturated/α-hetero) is 2. The Kier molecular flexibility index (Phi) is 5.70. The monoisotopic (exact) mass is 447 g/mol. The highest BCUT2D eigenvalue weighted by molar-refractivity contribution is 6.19. The van der Waals surface area contributed by atoms with E-state index in [1.807, 2.05) is 6.07 Å². The van der Waals surface area contributed by atoms with Gasteiger partial charge < -0.3 is 20.7 Å². The number of ketones is 2. The predicted molar refractivity (Wildman–Crippen MR) is 119 cm³/mol. The van der Waals surface area contributed by atoms with Crippen LogP contribution < -0.4 is 15.9 Å². The van der Waals surface area contributed by atoms with Crippen molar-refractivity contribution >= 4 is 23.3 Å². The van der Waals surface area contributed by atoms with Crippen molar-refractivity contribution in [2.24, 2.45) is 22.7 Å². The first-order chi connectivity index (χ1) is 15.8. The van der Waals surface area contributed by atoms with Crippen LogP contribution in [0.3, 0.4) is 0 Å². The minimum atomic E-state index is -1.05. The third-order valence-corrected chi connectivity index (χ3v) is 5.47. The Morgan fingerprint density at radius 2 is 1.88 bits per heavy atom. The summed E-state index contributed by atoms with van der Waals surface area (Å²) in [5.74, 6) is -3.34. The molecule has 0 aromatic heterocycles. The van der Waals surface area contributed by atoms with Gasteiger partial charge in [0.2, 0.25) is 0 Å². The second-order valence-corrected chi connectivity index (χ2v) is 7.77. The SMILES string of the molecule is CC1=CC2C(=O)c3cc(OC/C(=N/NC(N)=O)c4ccccc4)cc(O)c3C(=O)C2C(O)=C1. The molecule has 0 aliphatic heterocycles. The fraction of sp³-hybridized carbons (Fsp3) is 0.167. The van der Waals surface area contributed by atoms with Crippen LogP contribution in [0.25, 0.3) is 0 Å². The van der Waals surface area contributed by atoms with Crippen LogP contribution in [-0.2, 0) is 0 Å². The number of amides is 2. The number of urea groups is 1. The number of aromatic hydroxyl groups is 1. The van der Waals surface area contributed by atoms with E-state index in [9.17, 15) is 24.6 Å². The number of hydrogen-bond donors (Lipinski definition) is 4. The van der Waals surface area contributed by atoms with Crippen molar-refractivity contribution in [3.05, 3.63) is 82.6 Å². The van der Waals surface area contributed by atoms with Crippen molar-refractivity contribution in [1.29, 1.82) is 0 Å². The van der Waals surface area contributed by atoms with Crippen molar-refractivity contribution in [3.8, 4) is 11.5 Å². The number of rotatable bonds is 5. The molecule has 0 spiro atoms. The third-order valence-electron chi connectivity index (χ3n) is 5.47. The Bertz CT molecular complexity index is 1250. The van der Waals surface area contributed by atoms with Crippen LogP contribution in [0.4, 0.5) is 4.79 Å². The lowest BCUT2D eigenvalue weighted by Crippen LogP contribution is -2.38. The van der Waals surface area contributed by atoms with Gasteiger partial charge in [0.15, 0.2) is 11.6 Å². The summed E-state index contributed by atoms with van der Waals surface area (Å²) in [5, 5.41) is 24.8. The summed E-state index contributed by atoms with van der Waals surface area (Å²) >= 11 is 0. The van der Waals surface area contributed by atoms with Crippen molar-refractivity contribution < 1.29 is 29.3 Å². The van der Waals surface area contributed by atoms with Crippen LogP contribution in [0.15, 0.2) is 71.1 Å². The molecule has 2 aromatic carbocycles. The molecule has 0 fully saturated rings. The molecule has 0 heterocycles. The topological polar surface area (TPSA) is 151 Å². The molecular formula is C24H21N3O6. The fourth-order valence-electron chi connectivity index (χ4n) is 4.02. The van der Waals surface area contributed by atoms with Crippen molar-refractivity contribution in [3.63, 3.8) is 0 Å². The number of hydrogen-bond acceptors (Lipinski definition) is 7. The Balaban J connectivity index is 1.65. The lowest BCUT2D eigenvalue weighted by atomic mass is 9.70. The van der Waals surface area contributed by atoms with Crippen LogP contribution in [0.2, 0.25) is 0 Å². The fourth-order valence-corrected chi connectivity index (χ4v) is 4.02. The van der Waals surface area contributed by atoms with Gasteiger partial charge in [-0.2, -0.15) is 5.10 Å². The van der Waals surface area contributed by atoms with E-state index < -0.39 is 35.2 Å². The molecule has 9 nitrogen and oxygen atoms in total. The van der Waals surface area contributed by atoms with E-state index in [1.54, 1.807) is 37.3 Å². The summed E-state index contributed by atoms with van der Waals surface area (Å²) in [5.41, 5.74) is 8.80. The molecule has 33 heavy (non-hydrogen) atoms. The maximum Gasteiger partial charge on any atom is 0.332 e. The van der Waals surface area contributed by atoms with Gasteiger partial charge in [-0.1, -0.05) is 42.0 Å². The summed E-state index contributed by atoms with van der Waals surface area (Å²) in [4.78, 5) is 37.2. The summed E-state index contributed by atoms with van der Waals surface area (Å²) in [6.45, 7) is 1.60. The number of phenolic OH excluding ortho intramolecular Hbond substituents is 1. The number of carbonyl (C=O) groups excluding carboxylic acids is 3. The summed E-state index contributed by atoms with van der Waals surface area (Å²) in [6, 6.07) is 10.7. The van der Waals surface area contributed by atoms with Crippen LogP contribution in [0.5, 0.6) is 11.5 Å². The first-order valence-electron chi connectivity index (χ1n) is 10.1. The molecule has 0 saturated carbocycles. The Morgan fingerprint density at radius 3 is 2.58 bits per heavy atom. The molecule has 0 radical (unpaired) electrons. The van der Waals surface area contributed by atoms with Gasteiger partial charge in [0.1, 0.15) is 29.6 Å². The van der Waals surface area contributed by atoms with Gasteiger partial charge in [-0.15, -0.1) is 0 Å². The van der Waals surface area contributed by atoms with Gasteiger partial charge in [0, 0.05) is 17.2 Å². The van der Waals surface area contributed by atoms with Crippen LogP contribution >= 0.6 is 0 Å². The van der Waals surface area contributed by atoms with Crippen molar-refractivity contribution in [2.75, 3.05) is 6.61 Å². The first-order valence-corrected chi connectivity index (χ1v) is 10.1. The number of nitrogens with two attached hydrogens (primary N) is 1. The molecule has 9 heteroatoms. The molecule has 168 valence electrons. The van der Waals surface area contributed by atoms with E-state index in [-0.39, 0.29) is 29.2 Å². The van der Waals surface area contributed by atoms with E-state index in [0.29, 0.717) is 16.8 Å². The zero-order valence-corrected chi connectivity index (χ0v) is 17.6. The summed E-state index contributed by atoms with van der Waals surface area (Å²) in [6.07, 6.45) is 3.07. The Hall–Kier alpha value is -4.40. The minimum Gasteiger partial charge on any atom is -0.511 e. The van der Waals surface area contributed by atoms with Crippen molar-refractivity contribution in [2.45, 2.75) is 6.92 Å². The minimum absolute atomic E-state index is 0.0171. The second-order valence-electron chi connectivity index (χ2n) is 7.77. The predicted octanol–water partition coefficient (Wildman–Crippen LogP) is 2.86. The highest BCUT2D eigenvalue weighted by Gasteiger charge is 2.45. The molecule has 0 saturated heterocycles. The second kappa shape index (κ2) is 8.62. The number of nitrogens with zero attached hydrogens (tertiary/aromatic N) is 1. The standard InChI is InChI=1S/C24H21N3O6/c1-12-7-15-20(18(28)8-12)23(31)21-16(22(15)30)9-14(10-19(21)29)33-11-17(26-27-24(25)32)13-5-3-2-4-6-13/h2-10,15,20,28-29H,11H2,1H3,(H3,25,27,32)/b26-17-. The van der Waals surface area contributed by atoms with Gasteiger partial charge in [0.25, 0.3) is 0 Å². The van der Waals surface area contributed by atoms with Crippen LogP contribution in [0, 0.1) is 11.8 Å². The molecule has 2 unspecified atom stereocenters. The van der Waals surface area contributed by atoms with E-state index in [1.165, 1.54) is 18.2 Å². The normalized spacial score (nSPS) is 19.7. The van der Waals surface area contributed by atoms with E-state index >= 15 is 0 Å². The van der Waals surface area contributed by atoms with Gasteiger partial charge in [-0.3, -0.25) is 9.59 Å². The molecule has 0 bridgehead atoms. The molecular weight excluding hydrogens is 426 g/mol. The Labute approximate surface area is 188 Å². The number of allylic oxidation sites excluding steroid dienone is 4. The number of ether oxygens (including phenoxy) is 1. The number of benzene rings is 2. The van der Waals surface area contributed by atoms with Gasteiger partial charge in [0.05, 0.1) is 17.4 Å². The maximum absolute atomic E-state index is 13.1. The molecule has 2 atom stereocenters. The average Bonchev–Trinajstić information content (AvgIpc) is 2.77. The molecule has 5 N–H and O–H groups in total. The highest BCUT2D eigenvalue weighted by Crippen LogP contribution is 2.42. The average molecular weight is 447 g/mol. The molecule has 2 aliphatic rings. The zero-order valence-electron chi connectivity index (χ0n) is 17.6. The van der Waals surface area contributed by atoms with Gasteiger partial charge in [-0.05, 0) is 19.1 Å². The quantitative estimate of drug-likeness (QED) is 0.409. The smallest absolute Gasteiger partial charge is 0.332 e. The number of hydrazone groups is 1. The third kappa shape index (κ3) is 4.20. The number of nitrogens with one attached hydrogen (secondary N) is 1. The van der Waals surface area contributed by atoms with E-state index in [4.69, 9.17) is 10.5 Å². The number of aliphatic hydroxyl groups is 1. The number of phenols is 1. The van der Waals surface area contributed by atoms with Crippen LogP contribution in [0.1, 0.15) is 33.2 Å². The molecule has 2 aromatic rings. The molecule has 2 aliphatic carbocycles. The zero-order chi connectivity index (χ0) is 23.7. The lowest BCUT2D eigenvalue weighted by molar-refractivity contribution is 0.0754. The highest BCUT2D eigenvalue weighted by atomic mass is 16.5. The number of primary amides is 1. The number of carbonyl (C=O) groups is 3. The number of aliphatic hydroxyl groups excluding tert-OH is 1. The molecule has 4 rings (SSSR count). The van der Waals surface area contributed by atoms with E-state index in [2.05, 4.69) is 10.5 Å². The van der Waals surface area contributed by atoms with Gasteiger partial charge >= 0.3 is 6.03 Å². The summed E-state index contributed by atoms with van der Waals surface area (Å²) < 4.78 is 5.74. The first kappa shape index (κ1) is 21.8. The number of fused-ring (bicyclic) bond motifs is 2. The van der Waals surface area contributed by atoms with E-state index in [0.717, 1.165) is 0 Å². The van der Waals surface area contributed by atoms with Crippen LogP contribution in [-0.4, -0.2) is 40.1 Å². The van der Waals surface area contributed by atoms with Crippen molar-refractivity contribution in [1.82, 2.24) is 5.43 Å². The Morgan fingerprint density at radius 1 is 1.15 bits per heavy atom. The largest absolute Gasteiger partial charge is 0.511 e. The molecule has 2 amide bonds. The maximum atomic E-state index is 13.1.